The van der Waals surface area contributed by atoms with Gasteiger partial charge in [0.2, 0.25) is 10.0 Å². The first-order chi connectivity index (χ1) is 8.40. The minimum Gasteiger partial charge on any atom is -0.394 e. The van der Waals surface area contributed by atoms with Crippen molar-refractivity contribution in [3.05, 3.63) is 23.8 Å². The van der Waals surface area contributed by atoms with Crippen molar-refractivity contribution in [1.82, 2.24) is 4.72 Å². The van der Waals surface area contributed by atoms with Gasteiger partial charge < -0.3 is 5.73 Å². The maximum absolute atomic E-state index is 13.5. The van der Waals surface area contributed by atoms with E-state index >= 15 is 0 Å². The second kappa shape index (κ2) is 6.10. The van der Waals surface area contributed by atoms with Crippen LogP contribution in [0.5, 0.6) is 0 Å². The summed E-state index contributed by atoms with van der Waals surface area (Å²) in [6.45, 7) is 2.20. The fourth-order valence-electron chi connectivity index (χ4n) is 1.42. The van der Waals surface area contributed by atoms with Crippen molar-refractivity contribution in [2.45, 2.75) is 31.1 Å². The molecule has 1 aromatic carbocycles. The van der Waals surface area contributed by atoms with Gasteiger partial charge in [0.1, 0.15) is 16.4 Å². The third kappa shape index (κ3) is 3.39. The Hall–Kier alpha value is -1.21. The van der Waals surface area contributed by atoms with Gasteiger partial charge in [-0.25, -0.2) is 21.9 Å². The van der Waals surface area contributed by atoms with E-state index in [1.54, 1.807) is 0 Å². The van der Waals surface area contributed by atoms with Crippen LogP contribution in [-0.2, 0) is 10.0 Å². The molecule has 102 valence electrons. The third-order valence-electron chi connectivity index (χ3n) is 2.45. The number of benzene rings is 1. The highest BCUT2D eigenvalue weighted by molar-refractivity contribution is 7.89. The number of anilines is 1. The molecule has 0 aromatic heterocycles. The molecular formula is C11H16F2N2O2S. The largest absolute Gasteiger partial charge is 0.394 e. The Bertz CT molecular complexity index is 518. The summed E-state index contributed by atoms with van der Waals surface area (Å²) in [4.78, 5) is -0.627. The van der Waals surface area contributed by atoms with Gasteiger partial charge in [-0.2, -0.15) is 0 Å². The van der Waals surface area contributed by atoms with Crippen molar-refractivity contribution < 1.29 is 17.2 Å². The minimum absolute atomic E-state index is 0.215. The molecular weight excluding hydrogens is 262 g/mol. The molecule has 0 fully saturated rings. The minimum atomic E-state index is -3.98. The van der Waals surface area contributed by atoms with Crippen LogP contribution in [0.4, 0.5) is 14.5 Å². The van der Waals surface area contributed by atoms with Crippen molar-refractivity contribution in [2.24, 2.45) is 0 Å². The van der Waals surface area contributed by atoms with Crippen LogP contribution in [0.1, 0.15) is 26.2 Å². The molecule has 18 heavy (non-hydrogen) atoms. The van der Waals surface area contributed by atoms with Crippen molar-refractivity contribution in [3.8, 4) is 0 Å². The molecule has 1 aromatic rings. The zero-order chi connectivity index (χ0) is 13.8. The van der Waals surface area contributed by atoms with Crippen molar-refractivity contribution in [1.29, 1.82) is 0 Å². The molecule has 0 atom stereocenters. The molecule has 0 heterocycles. The maximum Gasteiger partial charge on any atom is 0.243 e. The van der Waals surface area contributed by atoms with Gasteiger partial charge in [-0.05, 0) is 18.6 Å². The van der Waals surface area contributed by atoms with Crippen LogP contribution in [-0.4, -0.2) is 15.0 Å². The first-order valence-corrected chi connectivity index (χ1v) is 7.11. The van der Waals surface area contributed by atoms with Gasteiger partial charge in [0.25, 0.3) is 0 Å². The van der Waals surface area contributed by atoms with E-state index in [2.05, 4.69) is 4.72 Å². The lowest BCUT2D eigenvalue weighted by molar-refractivity contribution is 0.546. The SMILES string of the molecule is CCCCCNS(=O)(=O)c1ccc(F)c(N)c1F. The van der Waals surface area contributed by atoms with Crippen LogP contribution in [0.3, 0.4) is 0 Å². The van der Waals surface area contributed by atoms with Crippen LogP contribution >= 0.6 is 0 Å². The van der Waals surface area contributed by atoms with Gasteiger partial charge in [-0.1, -0.05) is 19.8 Å². The number of halogens is 2. The number of nitrogens with two attached hydrogens (primary N) is 1. The maximum atomic E-state index is 13.5. The second-order valence-corrected chi connectivity index (χ2v) is 5.61. The molecule has 0 saturated carbocycles. The van der Waals surface area contributed by atoms with Crippen LogP contribution in [0, 0.1) is 11.6 Å². The van der Waals surface area contributed by atoms with E-state index in [0.29, 0.717) is 6.42 Å². The molecule has 0 spiro atoms. The van der Waals surface area contributed by atoms with Gasteiger partial charge in [0.15, 0.2) is 5.82 Å². The quantitative estimate of drug-likeness (QED) is 0.617. The lowest BCUT2D eigenvalue weighted by Gasteiger charge is -2.09. The molecule has 0 aliphatic heterocycles. The highest BCUT2D eigenvalue weighted by Crippen LogP contribution is 2.22. The lowest BCUT2D eigenvalue weighted by atomic mass is 10.3. The standard InChI is InChI=1S/C11H16F2N2O2S/c1-2-3-4-7-15-18(16,17)9-6-5-8(12)11(14)10(9)13/h5-6,15H,2-4,7,14H2,1H3. The fraction of sp³-hybridized carbons (Fsp3) is 0.455. The average molecular weight is 278 g/mol. The molecule has 4 nitrogen and oxygen atoms in total. The Labute approximate surface area is 105 Å². The van der Waals surface area contributed by atoms with Gasteiger partial charge in [0, 0.05) is 6.54 Å². The average Bonchev–Trinajstić information content (AvgIpc) is 2.31. The number of nitrogens with one attached hydrogen (secondary N) is 1. The number of nitrogen functional groups attached to an aromatic ring is 1. The number of hydrogen-bond donors (Lipinski definition) is 2. The Morgan fingerprint density at radius 1 is 1.28 bits per heavy atom. The molecule has 0 bridgehead atoms. The van der Waals surface area contributed by atoms with E-state index in [0.717, 1.165) is 25.0 Å². The number of rotatable bonds is 6. The summed E-state index contributed by atoms with van der Waals surface area (Å²) in [5, 5.41) is 0. The molecule has 3 N–H and O–H groups in total. The van der Waals surface area contributed by atoms with Gasteiger partial charge in [0.05, 0.1) is 0 Å². The predicted octanol–water partition coefficient (Wildman–Crippen LogP) is 2.02. The molecule has 0 saturated heterocycles. The first kappa shape index (κ1) is 14.8. The molecule has 1 rings (SSSR count). The summed E-state index contributed by atoms with van der Waals surface area (Å²) in [5.74, 6) is -2.23. The van der Waals surface area contributed by atoms with Crippen LogP contribution in [0.2, 0.25) is 0 Å². The van der Waals surface area contributed by atoms with E-state index in [1.807, 2.05) is 6.92 Å². The van der Waals surface area contributed by atoms with E-state index in [-0.39, 0.29) is 6.54 Å². The van der Waals surface area contributed by atoms with E-state index in [4.69, 9.17) is 5.73 Å². The Morgan fingerprint density at radius 2 is 1.94 bits per heavy atom. The Balaban J connectivity index is 2.89. The monoisotopic (exact) mass is 278 g/mol. The normalized spacial score (nSPS) is 11.7. The highest BCUT2D eigenvalue weighted by atomic mass is 32.2. The topological polar surface area (TPSA) is 72.2 Å². The van der Waals surface area contributed by atoms with Gasteiger partial charge >= 0.3 is 0 Å². The molecule has 0 unspecified atom stereocenters. The Morgan fingerprint density at radius 3 is 2.56 bits per heavy atom. The van der Waals surface area contributed by atoms with Crippen LogP contribution < -0.4 is 10.5 Å². The van der Waals surface area contributed by atoms with E-state index in [9.17, 15) is 17.2 Å². The zero-order valence-electron chi connectivity index (χ0n) is 10.0. The van der Waals surface area contributed by atoms with E-state index < -0.39 is 32.2 Å². The molecule has 0 amide bonds. The summed E-state index contributed by atoms with van der Waals surface area (Å²) in [5.41, 5.74) is 4.33. The summed E-state index contributed by atoms with van der Waals surface area (Å²) in [6.07, 6.45) is 2.48. The fourth-order valence-corrected chi connectivity index (χ4v) is 2.58. The zero-order valence-corrected chi connectivity index (χ0v) is 10.9. The second-order valence-electron chi connectivity index (χ2n) is 3.88. The first-order valence-electron chi connectivity index (χ1n) is 5.63. The van der Waals surface area contributed by atoms with Gasteiger partial charge in [-0.3, -0.25) is 0 Å². The summed E-state index contributed by atoms with van der Waals surface area (Å²) in [6, 6.07) is 1.70. The summed E-state index contributed by atoms with van der Waals surface area (Å²) >= 11 is 0. The van der Waals surface area contributed by atoms with Gasteiger partial charge in [-0.15, -0.1) is 0 Å². The molecule has 0 aliphatic carbocycles. The summed E-state index contributed by atoms with van der Waals surface area (Å²) < 4.78 is 52.2. The van der Waals surface area contributed by atoms with Crippen molar-refractivity contribution in [3.63, 3.8) is 0 Å². The lowest BCUT2D eigenvalue weighted by Crippen LogP contribution is -2.26. The number of sulfonamides is 1. The van der Waals surface area contributed by atoms with E-state index in [1.165, 1.54) is 0 Å². The summed E-state index contributed by atoms with van der Waals surface area (Å²) in [7, 11) is -3.98. The number of unbranched alkanes of at least 4 members (excludes halogenated alkanes) is 2. The van der Waals surface area contributed by atoms with Crippen LogP contribution in [0.25, 0.3) is 0 Å². The third-order valence-corrected chi connectivity index (χ3v) is 3.93. The van der Waals surface area contributed by atoms with Crippen LogP contribution in [0.15, 0.2) is 17.0 Å². The predicted molar refractivity (Wildman–Crippen MR) is 65.5 cm³/mol. The molecule has 0 aliphatic rings. The smallest absolute Gasteiger partial charge is 0.243 e. The molecule has 0 radical (unpaired) electrons. The molecule has 7 heteroatoms. The van der Waals surface area contributed by atoms with Crippen molar-refractivity contribution in [2.75, 3.05) is 12.3 Å². The number of hydrogen-bond acceptors (Lipinski definition) is 3. The highest BCUT2D eigenvalue weighted by Gasteiger charge is 2.21. The Kier molecular flexibility index (Phi) is 5.03. The van der Waals surface area contributed by atoms with Crippen molar-refractivity contribution >= 4 is 15.7 Å².